The number of hydrogen-bond acceptors (Lipinski definition) is 3. The molecule has 0 radical (unpaired) electrons. The molecule has 6 heteroatoms. The minimum Gasteiger partial charge on any atom is -0.355 e. The molecule has 0 saturated heterocycles. The monoisotopic (exact) mass is 312 g/mol. The number of urea groups is 1. The molecule has 0 spiro atoms. The Morgan fingerprint density at radius 2 is 1.83 bits per heavy atom. The van der Waals surface area contributed by atoms with Crippen LogP contribution in [-0.2, 0) is 13.0 Å². The molecule has 3 N–H and O–H groups in total. The first-order chi connectivity index (χ1) is 11.2. The van der Waals surface area contributed by atoms with Crippen LogP contribution in [0.4, 0.5) is 4.79 Å². The second kappa shape index (κ2) is 8.53. The van der Waals surface area contributed by atoms with Gasteiger partial charge in [0.2, 0.25) is 0 Å². The summed E-state index contributed by atoms with van der Waals surface area (Å²) in [7, 11) is 1.59. The van der Waals surface area contributed by atoms with Crippen molar-refractivity contribution in [1.29, 1.82) is 0 Å². The molecule has 0 atom stereocenters. The van der Waals surface area contributed by atoms with Crippen molar-refractivity contribution in [1.82, 2.24) is 20.9 Å². The van der Waals surface area contributed by atoms with Crippen molar-refractivity contribution in [3.63, 3.8) is 0 Å². The number of amides is 3. The third-order valence-corrected chi connectivity index (χ3v) is 3.32. The lowest BCUT2D eigenvalue weighted by Crippen LogP contribution is -2.36. The Kier molecular flexibility index (Phi) is 6.11. The first-order valence-electron chi connectivity index (χ1n) is 7.40. The number of benzene rings is 1. The standard InChI is InChI=1S/C17H20N4O2/c1-18-16(22)15-6-4-14(5-7-15)12-21-17(23)20-10-8-13-3-2-9-19-11-13/h2-7,9,11H,8,10,12H2,1H3,(H,18,22)(H2,20,21,23). The maximum atomic E-state index is 11.7. The number of nitrogens with one attached hydrogen (secondary N) is 3. The molecule has 0 aliphatic rings. The quantitative estimate of drug-likeness (QED) is 0.755. The topological polar surface area (TPSA) is 83.1 Å². The molecule has 0 aliphatic carbocycles. The summed E-state index contributed by atoms with van der Waals surface area (Å²) in [5.74, 6) is -0.127. The molecule has 0 saturated carbocycles. The lowest BCUT2D eigenvalue weighted by atomic mass is 10.1. The van der Waals surface area contributed by atoms with Gasteiger partial charge in [0.15, 0.2) is 0 Å². The Hall–Kier alpha value is -2.89. The van der Waals surface area contributed by atoms with Gasteiger partial charge >= 0.3 is 6.03 Å². The molecule has 6 nitrogen and oxygen atoms in total. The van der Waals surface area contributed by atoms with Gasteiger partial charge in [0.05, 0.1) is 0 Å². The molecule has 1 aromatic carbocycles. The van der Waals surface area contributed by atoms with Crippen molar-refractivity contribution in [2.45, 2.75) is 13.0 Å². The van der Waals surface area contributed by atoms with E-state index in [1.165, 1.54) is 0 Å². The number of hydrogen-bond donors (Lipinski definition) is 3. The van der Waals surface area contributed by atoms with E-state index in [1.54, 1.807) is 31.6 Å². The second-order valence-corrected chi connectivity index (χ2v) is 5.00. The summed E-state index contributed by atoms with van der Waals surface area (Å²) in [4.78, 5) is 27.2. The summed E-state index contributed by atoms with van der Waals surface area (Å²) < 4.78 is 0. The second-order valence-electron chi connectivity index (χ2n) is 5.00. The zero-order valence-electron chi connectivity index (χ0n) is 13.0. The van der Waals surface area contributed by atoms with Gasteiger partial charge in [-0.15, -0.1) is 0 Å². The molecule has 23 heavy (non-hydrogen) atoms. The summed E-state index contributed by atoms with van der Waals surface area (Å²) in [5.41, 5.74) is 2.61. The van der Waals surface area contributed by atoms with Crippen LogP contribution in [0.25, 0.3) is 0 Å². The summed E-state index contributed by atoms with van der Waals surface area (Å²) in [6.07, 6.45) is 4.24. The highest BCUT2D eigenvalue weighted by molar-refractivity contribution is 5.93. The smallest absolute Gasteiger partial charge is 0.315 e. The maximum absolute atomic E-state index is 11.7. The largest absolute Gasteiger partial charge is 0.355 e. The number of aromatic nitrogens is 1. The van der Waals surface area contributed by atoms with Crippen molar-refractivity contribution in [3.05, 3.63) is 65.5 Å². The highest BCUT2D eigenvalue weighted by atomic mass is 16.2. The van der Waals surface area contributed by atoms with Crippen LogP contribution < -0.4 is 16.0 Å². The number of rotatable bonds is 6. The lowest BCUT2D eigenvalue weighted by Gasteiger charge is -2.08. The molecule has 0 fully saturated rings. The molecular formula is C17H20N4O2. The zero-order chi connectivity index (χ0) is 16.5. The van der Waals surface area contributed by atoms with Crippen molar-refractivity contribution in [2.75, 3.05) is 13.6 Å². The molecule has 120 valence electrons. The van der Waals surface area contributed by atoms with Gasteiger partial charge < -0.3 is 16.0 Å². The van der Waals surface area contributed by atoms with E-state index < -0.39 is 0 Å². The van der Waals surface area contributed by atoms with Gasteiger partial charge in [0, 0.05) is 38.1 Å². The van der Waals surface area contributed by atoms with Crippen molar-refractivity contribution >= 4 is 11.9 Å². The fourth-order valence-corrected chi connectivity index (χ4v) is 2.03. The zero-order valence-corrected chi connectivity index (χ0v) is 13.0. The van der Waals surface area contributed by atoms with Crippen LogP contribution in [0.3, 0.4) is 0 Å². The maximum Gasteiger partial charge on any atom is 0.315 e. The van der Waals surface area contributed by atoms with Crippen molar-refractivity contribution in [2.24, 2.45) is 0 Å². The molecule has 0 bridgehead atoms. The minimum atomic E-state index is -0.218. The van der Waals surface area contributed by atoms with E-state index in [9.17, 15) is 9.59 Å². The predicted octanol–water partition coefficient (Wildman–Crippen LogP) is 1.48. The Morgan fingerprint density at radius 3 is 2.48 bits per heavy atom. The molecule has 2 aromatic rings. The van der Waals surface area contributed by atoms with E-state index in [1.807, 2.05) is 24.3 Å². The molecule has 1 aromatic heterocycles. The van der Waals surface area contributed by atoms with Crippen LogP contribution in [-0.4, -0.2) is 30.5 Å². The number of carbonyl (C=O) groups is 2. The van der Waals surface area contributed by atoms with Crippen LogP contribution in [0, 0.1) is 0 Å². The van der Waals surface area contributed by atoms with Crippen molar-refractivity contribution in [3.8, 4) is 0 Å². The van der Waals surface area contributed by atoms with Crippen LogP contribution >= 0.6 is 0 Å². The molecule has 0 aliphatic heterocycles. The van der Waals surface area contributed by atoms with Crippen LogP contribution in [0.15, 0.2) is 48.8 Å². The van der Waals surface area contributed by atoms with E-state index in [0.29, 0.717) is 18.7 Å². The minimum absolute atomic E-state index is 0.127. The molecule has 0 unspecified atom stereocenters. The van der Waals surface area contributed by atoms with Gasteiger partial charge in [0.25, 0.3) is 5.91 Å². The number of carbonyl (C=O) groups excluding carboxylic acids is 2. The molecule has 3 amide bonds. The van der Waals surface area contributed by atoms with Crippen molar-refractivity contribution < 1.29 is 9.59 Å². The summed E-state index contributed by atoms with van der Waals surface area (Å²) in [6.45, 7) is 0.958. The van der Waals surface area contributed by atoms with Gasteiger partial charge in [0.1, 0.15) is 0 Å². The third-order valence-electron chi connectivity index (χ3n) is 3.32. The van der Waals surface area contributed by atoms with E-state index in [-0.39, 0.29) is 11.9 Å². The average molecular weight is 312 g/mol. The predicted molar refractivity (Wildman–Crippen MR) is 88.0 cm³/mol. The Bertz CT molecular complexity index is 641. The fraction of sp³-hybridized carbons (Fsp3) is 0.235. The first-order valence-corrected chi connectivity index (χ1v) is 7.40. The summed E-state index contributed by atoms with van der Waals surface area (Å²) in [5, 5.41) is 8.14. The number of pyridine rings is 1. The molecular weight excluding hydrogens is 292 g/mol. The first kappa shape index (κ1) is 16.5. The highest BCUT2D eigenvalue weighted by Crippen LogP contribution is 2.04. The van der Waals surface area contributed by atoms with Crippen LogP contribution in [0.5, 0.6) is 0 Å². The summed E-state index contributed by atoms with van der Waals surface area (Å²) >= 11 is 0. The van der Waals surface area contributed by atoms with E-state index in [4.69, 9.17) is 0 Å². The molecule has 2 rings (SSSR count). The van der Waals surface area contributed by atoms with Gasteiger partial charge in [-0.3, -0.25) is 9.78 Å². The lowest BCUT2D eigenvalue weighted by molar-refractivity contribution is 0.0963. The Balaban J connectivity index is 1.70. The number of nitrogens with zero attached hydrogens (tertiary/aromatic N) is 1. The van der Waals surface area contributed by atoms with Gasteiger partial charge in [-0.05, 0) is 35.7 Å². The van der Waals surface area contributed by atoms with E-state index in [0.717, 1.165) is 17.5 Å². The Morgan fingerprint density at radius 1 is 1.04 bits per heavy atom. The normalized spacial score (nSPS) is 9.96. The average Bonchev–Trinajstić information content (AvgIpc) is 2.60. The fourth-order valence-electron chi connectivity index (χ4n) is 2.03. The Labute approximate surface area is 135 Å². The third kappa shape index (κ3) is 5.43. The SMILES string of the molecule is CNC(=O)c1ccc(CNC(=O)NCCc2cccnc2)cc1. The van der Waals surface area contributed by atoms with Gasteiger partial charge in [-0.1, -0.05) is 18.2 Å². The van der Waals surface area contributed by atoms with Gasteiger partial charge in [-0.25, -0.2) is 4.79 Å². The van der Waals surface area contributed by atoms with Crippen LogP contribution in [0.2, 0.25) is 0 Å². The van der Waals surface area contributed by atoms with E-state index in [2.05, 4.69) is 20.9 Å². The van der Waals surface area contributed by atoms with Gasteiger partial charge in [-0.2, -0.15) is 0 Å². The molecule has 1 heterocycles. The highest BCUT2D eigenvalue weighted by Gasteiger charge is 2.04. The van der Waals surface area contributed by atoms with E-state index >= 15 is 0 Å². The summed E-state index contributed by atoms with van der Waals surface area (Å²) in [6, 6.07) is 10.7. The van der Waals surface area contributed by atoms with Crippen LogP contribution in [0.1, 0.15) is 21.5 Å².